The Kier molecular flexibility index (Phi) is 2.22. The van der Waals surface area contributed by atoms with Crippen LogP contribution >= 0.6 is 0 Å². The Morgan fingerprint density at radius 3 is 2.72 bits per heavy atom. The molecule has 0 amide bonds. The van der Waals surface area contributed by atoms with Crippen molar-refractivity contribution in [2.75, 3.05) is 5.73 Å². The third kappa shape index (κ3) is 1.58. The molecular weight excluding hydrogens is 228 g/mol. The molecule has 0 fully saturated rings. The SMILES string of the molecule is Cc1cc2nnc(-c3cncc(N)c3)n2c(C)n1. The summed E-state index contributed by atoms with van der Waals surface area (Å²) in [5, 5.41) is 8.34. The normalized spacial score (nSPS) is 11.0. The van der Waals surface area contributed by atoms with Gasteiger partial charge < -0.3 is 5.73 Å². The summed E-state index contributed by atoms with van der Waals surface area (Å²) < 4.78 is 1.89. The lowest BCUT2D eigenvalue weighted by Gasteiger charge is -2.04. The molecule has 6 nitrogen and oxygen atoms in total. The molecule has 3 aromatic rings. The molecular formula is C12H12N6. The molecule has 0 aliphatic heterocycles. The van der Waals surface area contributed by atoms with Gasteiger partial charge in [-0.2, -0.15) is 0 Å². The first-order valence-corrected chi connectivity index (χ1v) is 5.55. The number of nitrogens with zero attached hydrogens (tertiary/aromatic N) is 5. The van der Waals surface area contributed by atoms with E-state index in [0.29, 0.717) is 11.5 Å². The van der Waals surface area contributed by atoms with Crippen molar-refractivity contribution in [2.24, 2.45) is 0 Å². The van der Waals surface area contributed by atoms with E-state index in [1.54, 1.807) is 12.4 Å². The molecule has 2 N–H and O–H groups in total. The van der Waals surface area contributed by atoms with E-state index in [1.165, 1.54) is 0 Å². The number of hydrogen-bond acceptors (Lipinski definition) is 5. The highest BCUT2D eigenvalue weighted by Crippen LogP contribution is 2.20. The van der Waals surface area contributed by atoms with Gasteiger partial charge in [-0.05, 0) is 19.9 Å². The van der Waals surface area contributed by atoms with Gasteiger partial charge in [0.05, 0.1) is 5.69 Å². The quantitative estimate of drug-likeness (QED) is 0.695. The number of aromatic nitrogens is 5. The van der Waals surface area contributed by atoms with E-state index in [-0.39, 0.29) is 0 Å². The van der Waals surface area contributed by atoms with Gasteiger partial charge in [-0.25, -0.2) is 4.98 Å². The third-order valence-electron chi connectivity index (χ3n) is 2.71. The second-order valence-corrected chi connectivity index (χ2v) is 4.17. The highest BCUT2D eigenvalue weighted by Gasteiger charge is 2.11. The van der Waals surface area contributed by atoms with Crippen molar-refractivity contribution in [1.82, 2.24) is 24.6 Å². The van der Waals surface area contributed by atoms with Crippen molar-refractivity contribution in [3.8, 4) is 11.4 Å². The maximum atomic E-state index is 5.74. The van der Waals surface area contributed by atoms with E-state index in [9.17, 15) is 0 Å². The average molecular weight is 240 g/mol. The minimum Gasteiger partial charge on any atom is -0.397 e. The number of aryl methyl sites for hydroxylation is 2. The highest BCUT2D eigenvalue weighted by atomic mass is 15.3. The topological polar surface area (TPSA) is 82.0 Å². The zero-order valence-electron chi connectivity index (χ0n) is 10.1. The molecule has 0 saturated carbocycles. The van der Waals surface area contributed by atoms with Crippen LogP contribution in [0.3, 0.4) is 0 Å². The molecule has 0 saturated heterocycles. The van der Waals surface area contributed by atoms with Crippen molar-refractivity contribution < 1.29 is 0 Å². The summed E-state index contributed by atoms with van der Waals surface area (Å²) in [5.74, 6) is 1.54. The van der Waals surface area contributed by atoms with E-state index in [4.69, 9.17) is 5.73 Å². The Bertz CT molecular complexity index is 731. The molecule has 3 heterocycles. The number of fused-ring (bicyclic) bond motifs is 1. The predicted octanol–water partition coefficient (Wildman–Crippen LogP) is 1.39. The van der Waals surface area contributed by atoms with E-state index >= 15 is 0 Å². The molecule has 90 valence electrons. The number of pyridine rings is 1. The van der Waals surface area contributed by atoms with Crippen LogP contribution in [0.5, 0.6) is 0 Å². The summed E-state index contributed by atoms with van der Waals surface area (Å²) >= 11 is 0. The Morgan fingerprint density at radius 2 is 1.94 bits per heavy atom. The maximum Gasteiger partial charge on any atom is 0.171 e. The molecule has 0 atom stereocenters. The number of anilines is 1. The van der Waals surface area contributed by atoms with Crippen LogP contribution in [0.4, 0.5) is 5.69 Å². The Balaban J connectivity index is 2.31. The molecule has 18 heavy (non-hydrogen) atoms. The standard InChI is InChI=1S/C12H12N6/c1-7-3-11-16-17-12(18(11)8(2)15-7)9-4-10(13)6-14-5-9/h3-6H,13H2,1-2H3. The van der Waals surface area contributed by atoms with Crippen LogP contribution < -0.4 is 5.73 Å². The van der Waals surface area contributed by atoms with Gasteiger partial charge in [-0.15, -0.1) is 10.2 Å². The molecule has 0 aromatic carbocycles. The van der Waals surface area contributed by atoms with Gasteiger partial charge in [-0.1, -0.05) is 0 Å². The van der Waals surface area contributed by atoms with Crippen molar-refractivity contribution in [3.63, 3.8) is 0 Å². The lowest BCUT2D eigenvalue weighted by atomic mass is 10.2. The van der Waals surface area contributed by atoms with Crippen LogP contribution in [-0.4, -0.2) is 24.6 Å². The minimum absolute atomic E-state index is 0.599. The van der Waals surface area contributed by atoms with Crippen LogP contribution in [0.2, 0.25) is 0 Å². The molecule has 0 radical (unpaired) electrons. The van der Waals surface area contributed by atoms with Gasteiger partial charge in [0.2, 0.25) is 0 Å². The molecule has 3 aromatic heterocycles. The average Bonchev–Trinajstić information content (AvgIpc) is 2.72. The van der Waals surface area contributed by atoms with E-state index in [0.717, 1.165) is 22.7 Å². The van der Waals surface area contributed by atoms with Gasteiger partial charge in [0.15, 0.2) is 11.5 Å². The number of rotatable bonds is 1. The van der Waals surface area contributed by atoms with Crippen molar-refractivity contribution in [1.29, 1.82) is 0 Å². The van der Waals surface area contributed by atoms with Gasteiger partial charge in [-0.3, -0.25) is 9.38 Å². The van der Waals surface area contributed by atoms with Crippen molar-refractivity contribution in [2.45, 2.75) is 13.8 Å². The van der Waals surface area contributed by atoms with Crippen LogP contribution in [0, 0.1) is 13.8 Å². The molecule has 0 aliphatic carbocycles. The monoisotopic (exact) mass is 240 g/mol. The van der Waals surface area contributed by atoms with Gasteiger partial charge >= 0.3 is 0 Å². The maximum absolute atomic E-state index is 5.74. The highest BCUT2D eigenvalue weighted by molar-refractivity contribution is 5.62. The first kappa shape index (κ1) is 10.6. The van der Waals surface area contributed by atoms with E-state index in [2.05, 4.69) is 20.2 Å². The smallest absolute Gasteiger partial charge is 0.171 e. The molecule has 0 spiro atoms. The lowest BCUT2D eigenvalue weighted by Crippen LogP contribution is -2.00. The fourth-order valence-electron chi connectivity index (χ4n) is 2.00. The second-order valence-electron chi connectivity index (χ2n) is 4.17. The van der Waals surface area contributed by atoms with Gasteiger partial charge in [0.25, 0.3) is 0 Å². The van der Waals surface area contributed by atoms with Crippen LogP contribution in [0.15, 0.2) is 24.5 Å². The molecule has 0 bridgehead atoms. The number of hydrogen-bond donors (Lipinski definition) is 1. The Morgan fingerprint density at radius 1 is 1.11 bits per heavy atom. The number of nitrogen functional groups attached to an aromatic ring is 1. The summed E-state index contributed by atoms with van der Waals surface area (Å²) in [7, 11) is 0. The molecule has 3 rings (SSSR count). The largest absolute Gasteiger partial charge is 0.397 e. The Hall–Kier alpha value is -2.50. The molecule has 6 heteroatoms. The second kappa shape index (κ2) is 3.76. The first-order chi connectivity index (χ1) is 8.65. The fourth-order valence-corrected chi connectivity index (χ4v) is 2.00. The summed E-state index contributed by atoms with van der Waals surface area (Å²) in [6.07, 6.45) is 3.31. The molecule has 0 aliphatic rings. The number of nitrogens with two attached hydrogens (primary N) is 1. The van der Waals surface area contributed by atoms with Crippen LogP contribution in [0.25, 0.3) is 17.0 Å². The zero-order chi connectivity index (χ0) is 12.7. The third-order valence-corrected chi connectivity index (χ3v) is 2.71. The van der Waals surface area contributed by atoms with Crippen molar-refractivity contribution in [3.05, 3.63) is 36.0 Å². The van der Waals surface area contributed by atoms with Gasteiger partial charge in [0.1, 0.15) is 5.82 Å². The van der Waals surface area contributed by atoms with Gasteiger partial charge in [0, 0.05) is 29.7 Å². The predicted molar refractivity (Wildman–Crippen MR) is 67.9 cm³/mol. The lowest BCUT2D eigenvalue weighted by molar-refractivity contribution is 0.961. The van der Waals surface area contributed by atoms with E-state index in [1.807, 2.05) is 30.4 Å². The van der Waals surface area contributed by atoms with E-state index < -0.39 is 0 Å². The summed E-state index contributed by atoms with van der Waals surface area (Å²) in [5.41, 5.74) is 8.86. The van der Waals surface area contributed by atoms with Crippen LogP contribution in [-0.2, 0) is 0 Å². The zero-order valence-corrected chi connectivity index (χ0v) is 10.1. The Labute approximate surface area is 104 Å². The summed E-state index contributed by atoms with van der Waals surface area (Å²) in [6, 6.07) is 3.71. The van der Waals surface area contributed by atoms with Crippen LogP contribution in [0.1, 0.15) is 11.5 Å². The fraction of sp³-hybridized carbons (Fsp3) is 0.167. The summed E-state index contributed by atoms with van der Waals surface area (Å²) in [4.78, 5) is 8.48. The molecule has 0 unspecified atom stereocenters. The summed E-state index contributed by atoms with van der Waals surface area (Å²) in [6.45, 7) is 3.86. The minimum atomic E-state index is 0.599. The first-order valence-electron chi connectivity index (χ1n) is 5.55. The van der Waals surface area contributed by atoms with Crippen molar-refractivity contribution >= 4 is 11.3 Å².